The predicted molar refractivity (Wildman–Crippen MR) is 165 cm³/mol. The average Bonchev–Trinajstić information content (AvgIpc) is 3.22. The van der Waals surface area contributed by atoms with Gasteiger partial charge < -0.3 is 25.3 Å². The van der Waals surface area contributed by atoms with Gasteiger partial charge in [0.25, 0.3) is 5.91 Å². The minimum Gasteiger partial charge on any atom is -0.354 e. The van der Waals surface area contributed by atoms with Gasteiger partial charge in [-0.15, -0.1) is 0 Å². The molecule has 0 aliphatic carbocycles. The van der Waals surface area contributed by atoms with E-state index in [-0.39, 0.29) is 36.2 Å². The summed E-state index contributed by atoms with van der Waals surface area (Å²) >= 11 is 0. The van der Waals surface area contributed by atoms with Gasteiger partial charge in [-0.2, -0.15) is 0 Å². The van der Waals surface area contributed by atoms with Crippen molar-refractivity contribution in [2.45, 2.75) is 78.2 Å². The molecule has 2 aliphatic heterocycles. The molecule has 2 saturated heterocycles. The van der Waals surface area contributed by atoms with Crippen molar-refractivity contribution in [1.82, 2.24) is 15.1 Å². The van der Waals surface area contributed by atoms with Crippen LogP contribution in [-0.4, -0.2) is 66.0 Å². The number of likely N-dealkylation sites (tertiary alicyclic amines) is 1. The first-order valence-corrected chi connectivity index (χ1v) is 15.1. The van der Waals surface area contributed by atoms with Gasteiger partial charge in [0, 0.05) is 31.0 Å². The van der Waals surface area contributed by atoms with Crippen LogP contribution < -0.4 is 15.5 Å². The number of piperidine rings is 1. The van der Waals surface area contributed by atoms with Gasteiger partial charge in [0.1, 0.15) is 12.1 Å². The van der Waals surface area contributed by atoms with Crippen LogP contribution in [0.3, 0.4) is 0 Å². The molecule has 2 N–H and O–H groups in total. The van der Waals surface area contributed by atoms with Gasteiger partial charge in [-0.3, -0.25) is 9.59 Å². The van der Waals surface area contributed by atoms with Crippen LogP contribution in [0.25, 0.3) is 0 Å². The maximum Gasteiger partial charge on any atom is 0.321 e. The van der Waals surface area contributed by atoms with Crippen LogP contribution in [0.15, 0.2) is 48.5 Å². The highest BCUT2D eigenvalue weighted by Crippen LogP contribution is 2.40. The monoisotopic (exact) mass is 561 g/mol. The molecule has 0 radical (unpaired) electrons. The van der Waals surface area contributed by atoms with Crippen molar-refractivity contribution in [1.29, 1.82) is 0 Å². The van der Waals surface area contributed by atoms with Crippen LogP contribution in [0.1, 0.15) is 83.8 Å². The van der Waals surface area contributed by atoms with E-state index in [1.54, 1.807) is 4.90 Å². The predicted octanol–water partition coefficient (Wildman–Crippen LogP) is 5.77. The van der Waals surface area contributed by atoms with Crippen molar-refractivity contribution < 1.29 is 14.4 Å². The summed E-state index contributed by atoms with van der Waals surface area (Å²) in [6.45, 7) is 14.7. The third-order valence-electron chi connectivity index (χ3n) is 8.74. The summed E-state index contributed by atoms with van der Waals surface area (Å²) in [5.41, 5.74) is 3.32. The third kappa shape index (κ3) is 6.52. The fraction of sp³-hybridized carbons (Fsp3) is 0.545. The van der Waals surface area contributed by atoms with Crippen molar-refractivity contribution in [3.8, 4) is 0 Å². The largest absolute Gasteiger partial charge is 0.354 e. The summed E-state index contributed by atoms with van der Waals surface area (Å²) in [6.07, 6.45) is 1.99. The van der Waals surface area contributed by atoms with Crippen LogP contribution in [0.2, 0.25) is 0 Å². The highest BCUT2D eigenvalue weighted by Gasteiger charge is 2.54. The number of rotatable bonds is 9. The molecule has 4 amide bonds. The van der Waals surface area contributed by atoms with Crippen molar-refractivity contribution in [2.75, 3.05) is 43.1 Å². The van der Waals surface area contributed by atoms with E-state index >= 15 is 0 Å². The maximum atomic E-state index is 14.0. The van der Waals surface area contributed by atoms with Gasteiger partial charge in [0.15, 0.2) is 0 Å². The molecule has 2 fully saturated rings. The summed E-state index contributed by atoms with van der Waals surface area (Å²) < 4.78 is 0. The van der Waals surface area contributed by atoms with Crippen LogP contribution in [0, 0.1) is 5.92 Å². The molecule has 222 valence electrons. The van der Waals surface area contributed by atoms with Gasteiger partial charge in [-0.1, -0.05) is 84.4 Å². The molecule has 1 unspecified atom stereocenters. The molecule has 41 heavy (non-hydrogen) atoms. The Bertz CT molecular complexity index is 1190. The highest BCUT2D eigenvalue weighted by atomic mass is 16.2. The Kier molecular flexibility index (Phi) is 9.61. The molecule has 4 rings (SSSR count). The number of benzene rings is 2. The van der Waals surface area contributed by atoms with Crippen molar-refractivity contribution >= 4 is 29.2 Å². The first-order valence-electron chi connectivity index (χ1n) is 15.1. The summed E-state index contributed by atoms with van der Waals surface area (Å²) in [4.78, 5) is 45.9. The molecule has 2 aromatic rings. The third-order valence-corrected chi connectivity index (χ3v) is 8.74. The van der Waals surface area contributed by atoms with E-state index in [9.17, 15) is 14.4 Å². The van der Waals surface area contributed by atoms with Crippen molar-refractivity contribution in [3.05, 3.63) is 59.7 Å². The van der Waals surface area contributed by atoms with Gasteiger partial charge in [-0.25, -0.2) is 4.79 Å². The Morgan fingerprint density at radius 2 is 1.51 bits per heavy atom. The molecule has 8 nitrogen and oxygen atoms in total. The lowest BCUT2D eigenvalue weighted by molar-refractivity contribution is -0.137. The Balaban J connectivity index is 1.51. The topological polar surface area (TPSA) is 85.0 Å². The molecular formula is C33H47N5O3. The zero-order valence-electron chi connectivity index (χ0n) is 25.6. The molecule has 2 heterocycles. The van der Waals surface area contributed by atoms with E-state index in [1.807, 2.05) is 35.2 Å². The maximum absolute atomic E-state index is 14.0. The average molecular weight is 562 g/mol. The minimum absolute atomic E-state index is 0.0349. The number of hydrogen-bond donors (Lipinski definition) is 2. The fourth-order valence-corrected chi connectivity index (χ4v) is 5.95. The lowest BCUT2D eigenvalue weighted by Crippen LogP contribution is -2.58. The Morgan fingerprint density at radius 3 is 2.07 bits per heavy atom. The lowest BCUT2D eigenvalue weighted by Gasteiger charge is -2.43. The quantitative estimate of drug-likeness (QED) is 0.407. The number of urea groups is 1. The first kappa shape index (κ1) is 30.4. The number of nitrogens with zero attached hydrogens (tertiary/aromatic N) is 3. The second-order valence-electron chi connectivity index (χ2n) is 12.3. The minimum atomic E-state index is -0.784. The van der Waals surface area contributed by atoms with Crippen LogP contribution >= 0.6 is 0 Å². The SMILES string of the molecule is CCC(C)CNC(=O)CN1CN(c2ccccc2)C2(CCN(C(=O)Nc3c(C(C)C)cccc3C(C)C)CC2)C1=O. The van der Waals surface area contributed by atoms with E-state index in [2.05, 4.69) is 75.3 Å². The molecule has 0 saturated carbocycles. The second kappa shape index (κ2) is 13.0. The van der Waals surface area contributed by atoms with Gasteiger partial charge in [-0.05, 0) is 53.9 Å². The van der Waals surface area contributed by atoms with Crippen LogP contribution in [0.4, 0.5) is 16.2 Å². The molecule has 2 aliphatic rings. The summed E-state index contributed by atoms with van der Waals surface area (Å²) in [5, 5.41) is 6.22. The summed E-state index contributed by atoms with van der Waals surface area (Å²) in [7, 11) is 0. The molecule has 1 atom stereocenters. The van der Waals surface area contributed by atoms with Crippen molar-refractivity contribution in [2.24, 2.45) is 5.92 Å². The number of anilines is 2. The zero-order valence-corrected chi connectivity index (χ0v) is 25.6. The number of carbonyl (C=O) groups is 3. The highest BCUT2D eigenvalue weighted by molar-refractivity contribution is 5.97. The molecule has 0 bridgehead atoms. The summed E-state index contributed by atoms with van der Waals surface area (Å²) in [5.74, 6) is 0.771. The number of hydrogen-bond acceptors (Lipinski definition) is 4. The molecule has 8 heteroatoms. The van der Waals surface area contributed by atoms with Gasteiger partial charge in [0.05, 0.1) is 6.67 Å². The van der Waals surface area contributed by atoms with Gasteiger partial charge >= 0.3 is 6.03 Å². The number of para-hydroxylation sites is 2. The van der Waals surface area contributed by atoms with E-state index in [0.717, 1.165) is 28.9 Å². The second-order valence-corrected chi connectivity index (χ2v) is 12.3. The number of nitrogens with one attached hydrogen (secondary N) is 2. The number of carbonyl (C=O) groups excluding carboxylic acids is 3. The zero-order chi connectivity index (χ0) is 29.7. The van der Waals surface area contributed by atoms with Gasteiger partial charge in [0.2, 0.25) is 5.91 Å². The fourth-order valence-electron chi connectivity index (χ4n) is 5.95. The Labute approximate surface area is 245 Å². The van der Waals surface area contributed by atoms with E-state index in [0.29, 0.717) is 45.1 Å². The molecule has 2 aromatic carbocycles. The van der Waals surface area contributed by atoms with Crippen LogP contribution in [0.5, 0.6) is 0 Å². The molecule has 0 aromatic heterocycles. The van der Waals surface area contributed by atoms with E-state index in [1.165, 1.54) is 0 Å². The molecular weight excluding hydrogens is 514 g/mol. The van der Waals surface area contributed by atoms with E-state index < -0.39 is 5.54 Å². The first-order chi connectivity index (χ1) is 19.6. The Hall–Kier alpha value is -3.55. The smallest absolute Gasteiger partial charge is 0.321 e. The Morgan fingerprint density at radius 1 is 0.902 bits per heavy atom. The van der Waals surface area contributed by atoms with Crippen molar-refractivity contribution in [3.63, 3.8) is 0 Å². The number of amides is 4. The standard InChI is InChI=1S/C33H47N5O3/c1-7-25(6)20-34-29(39)21-37-22-38(26-12-9-8-10-13-26)33(31(37)40)16-18-36(19-17-33)32(41)35-30-27(23(2)3)14-11-15-28(30)24(4)5/h8-15,23-25H,7,16-22H2,1-6H3,(H,34,39)(H,35,41). The summed E-state index contributed by atoms with van der Waals surface area (Å²) in [6, 6.07) is 16.0. The van der Waals surface area contributed by atoms with E-state index in [4.69, 9.17) is 0 Å². The molecule has 1 spiro atoms. The lowest BCUT2D eigenvalue weighted by atomic mass is 9.85. The normalized spacial score (nSPS) is 17.5. The van der Waals surface area contributed by atoms with Crippen LogP contribution in [-0.2, 0) is 9.59 Å².